The molecule has 1 amide bonds. The number of aliphatic hydroxyl groups excluding tert-OH is 1. The van der Waals surface area contributed by atoms with Gasteiger partial charge in [0.1, 0.15) is 0 Å². The fraction of sp³-hybridized carbons (Fsp3) is 0.231. The first-order valence-corrected chi connectivity index (χ1v) is 6.22. The molecule has 8 heteroatoms. The number of nitrogens with zero attached hydrogens (tertiary/aromatic N) is 3. The van der Waals surface area contributed by atoms with Crippen molar-refractivity contribution in [3.8, 4) is 5.69 Å². The Morgan fingerprint density at radius 1 is 1.48 bits per heavy atom. The van der Waals surface area contributed by atoms with Gasteiger partial charge in [0.05, 0.1) is 29.0 Å². The number of nitrogens with one attached hydrogen (secondary N) is 1. The molecular formula is C13H14N4O4. The minimum absolute atomic E-state index is 0.0133. The Labute approximate surface area is 120 Å². The summed E-state index contributed by atoms with van der Waals surface area (Å²) in [4.78, 5) is 21.9. The zero-order chi connectivity index (χ0) is 15.4. The predicted octanol–water partition coefficient (Wildman–Crippen LogP) is 0.891. The standard InChI is InChI=1S/C13H14N4O4/c1-9(8-18)15-13(19)10-6-14-16(7-10)11-2-4-12(5-3-11)17(20)21/h2-7,9,18H,8H2,1H3,(H,15,19). The van der Waals surface area contributed by atoms with Crippen molar-refractivity contribution in [1.29, 1.82) is 0 Å². The van der Waals surface area contributed by atoms with Crippen molar-refractivity contribution in [2.45, 2.75) is 13.0 Å². The van der Waals surface area contributed by atoms with Crippen LogP contribution in [0.5, 0.6) is 0 Å². The molecule has 2 aromatic rings. The number of non-ortho nitro benzene ring substituents is 1. The number of amides is 1. The first kappa shape index (κ1) is 14.7. The minimum atomic E-state index is -0.484. The first-order valence-electron chi connectivity index (χ1n) is 6.22. The summed E-state index contributed by atoms with van der Waals surface area (Å²) in [5, 5.41) is 26.1. The van der Waals surface area contributed by atoms with Crippen LogP contribution in [0.25, 0.3) is 5.69 Å². The number of hydrogen-bond donors (Lipinski definition) is 2. The Morgan fingerprint density at radius 2 is 2.14 bits per heavy atom. The molecule has 1 heterocycles. The summed E-state index contributed by atoms with van der Waals surface area (Å²) in [7, 11) is 0. The van der Waals surface area contributed by atoms with Gasteiger partial charge in [-0.25, -0.2) is 4.68 Å². The fourth-order valence-electron chi connectivity index (χ4n) is 1.66. The minimum Gasteiger partial charge on any atom is -0.394 e. The van der Waals surface area contributed by atoms with Gasteiger partial charge in [-0.1, -0.05) is 0 Å². The largest absolute Gasteiger partial charge is 0.394 e. The quantitative estimate of drug-likeness (QED) is 0.627. The summed E-state index contributed by atoms with van der Waals surface area (Å²) >= 11 is 0. The van der Waals surface area contributed by atoms with Gasteiger partial charge in [-0.15, -0.1) is 0 Å². The van der Waals surface area contributed by atoms with E-state index in [1.54, 1.807) is 19.1 Å². The summed E-state index contributed by atoms with van der Waals surface area (Å²) < 4.78 is 1.45. The Kier molecular flexibility index (Phi) is 4.29. The molecule has 21 heavy (non-hydrogen) atoms. The molecule has 0 bridgehead atoms. The predicted molar refractivity (Wildman–Crippen MR) is 74.2 cm³/mol. The van der Waals surface area contributed by atoms with Crippen LogP contribution in [-0.4, -0.2) is 38.4 Å². The van der Waals surface area contributed by atoms with Crippen LogP contribution in [0.4, 0.5) is 5.69 Å². The van der Waals surface area contributed by atoms with Crippen LogP contribution in [-0.2, 0) is 0 Å². The number of hydrogen-bond acceptors (Lipinski definition) is 5. The van der Waals surface area contributed by atoms with Crippen molar-refractivity contribution < 1.29 is 14.8 Å². The lowest BCUT2D eigenvalue weighted by Crippen LogP contribution is -2.34. The van der Waals surface area contributed by atoms with E-state index >= 15 is 0 Å². The second-order valence-corrected chi connectivity index (χ2v) is 4.50. The zero-order valence-corrected chi connectivity index (χ0v) is 11.3. The molecule has 0 aliphatic rings. The molecule has 0 aliphatic carbocycles. The van der Waals surface area contributed by atoms with Crippen LogP contribution in [0, 0.1) is 10.1 Å². The van der Waals surface area contributed by atoms with Gasteiger partial charge >= 0.3 is 0 Å². The molecule has 0 aliphatic heterocycles. The second kappa shape index (κ2) is 6.14. The summed E-state index contributed by atoms with van der Waals surface area (Å²) in [6.07, 6.45) is 2.90. The lowest BCUT2D eigenvalue weighted by molar-refractivity contribution is -0.384. The average molecular weight is 290 g/mol. The first-order chi connectivity index (χ1) is 10.0. The highest BCUT2D eigenvalue weighted by atomic mass is 16.6. The molecular weight excluding hydrogens is 276 g/mol. The number of nitro groups is 1. The van der Waals surface area contributed by atoms with Gasteiger partial charge in [0.2, 0.25) is 0 Å². The van der Waals surface area contributed by atoms with Crippen LogP contribution < -0.4 is 5.32 Å². The van der Waals surface area contributed by atoms with E-state index in [4.69, 9.17) is 5.11 Å². The lowest BCUT2D eigenvalue weighted by Gasteiger charge is -2.08. The fourth-order valence-corrected chi connectivity index (χ4v) is 1.66. The Hall–Kier alpha value is -2.74. The summed E-state index contributed by atoms with van der Waals surface area (Å²) in [5.74, 6) is -0.343. The van der Waals surface area contributed by atoms with Gasteiger partial charge in [0, 0.05) is 24.4 Å². The highest BCUT2D eigenvalue weighted by Gasteiger charge is 2.12. The van der Waals surface area contributed by atoms with Crippen LogP contribution in [0.1, 0.15) is 17.3 Å². The van der Waals surface area contributed by atoms with Gasteiger partial charge in [-0.05, 0) is 19.1 Å². The molecule has 8 nitrogen and oxygen atoms in total. The maximum atomic E-state index is 11.8. The third-order valence-corrected chi connectivity index (χ3v) is 2.82. The van der Waals surface area contributed by atoms with E-state index in [0.29, 0.717) is 11.3 Å². The summed E-state index contributed by atoms with van der Waals surface area (Å²) in [6, 6.07) is 5.47. The average Bonchev–Trinajstić information content (AvgIpc) is 2.97. The van der Waals surface area contributed by atoms with E-state index < -0.39 is 4.92 Å². The highest BCUT2D eigenvalue weighted by Crippen LogP contribution is 2.15. The Morgan fingerprint density at radius 3 is 2.71 bits per heavy atom. The smallest absolute Gasteiger partial charge is 0.269 e. The summed E-state index contributed by atoms with van der Waals surface area (Å²) in [5.41, 5.74) is 0.934. The number of aliphatic hydroxyl groups is 1. The van der Waals surface area contributed by atoms with Gasteiger partial charge in [0.25, 0.3) is 11.6 Å². The van der Waals surface area contributed by atoms with Crippen molar-refractivity contribution in [2.75, 3.05) is 6.61 Å². The van der Waals surface area contributed by atoms with Gasteiger partial charge < -0.3 is 10.4 Å². The van der Waals surface area contributed by atoms with E-state index in [9.17, 15) is 14.9 Å². The van der Waals surface area contributed by atoms with E-state index in [0.717, 1.165) is 0 Å². The molecule has 0 saturated carbocycles. The van der Waals surface area contributed by atoms with E-state index in [-0.39, 0.29) is 24.2 Å². The summed E-state index contributed by atoms with van der Waals surface area (Å²) in [6.45, 7) is 1.53. The third-order valence-electron chi connectivity index (χ3n) is 2.82. The second-order valence-electron chi connectivity index (χ2n) is 4.50. The maximum absolute atomic E-state index is 11.8. The van der Waals surface area contributed by atoms with Crippen LogP contribution in [0.2, 0.25) is 0 Å². The van der Waals surface area contributed by atoms with Crippen molar-refractivity contribution in [3.63, 3.8) is 0 Å². The lowest BCUT2D eigenvalue weighted by atomic mass is 10.2. The zero-order valence-electron chi connectivity index (χ0n) is 11.3. The normalized spacial score (nSPS) is 11.9. The van der Waals surface area contributed by atoms with Gasteiger partial charge in [0.15, 0.2) is 0 Å². The number of carbonyl (C=O) groups is 1. The molecule has 0 fully saturated rings. The maximum Gasteiger partial charge on any atom is 0.269 e. The number of rotatable bonds is 5. The molecule has 0 spiro atoms. The number of carbonyl (C=O) groups excluding carboxylic acids is 1. The number of aromatic nitrogens is 2. The Bertz CT molecular complexity index is 650. The van der Waals surface area contributed by atoms with Crippen molar-refractivity contribution >= 4 is 11.6 Å². The van der Waals surface area contributed by atoms with Gasteiger partial charge in [-0.2, -0.15) is 5.10 Å². The van der Waals surface area contributed by atoms with E-state index in [1.807, 2.05) is 0 Å². The van der Waals surface area contributed by atoms with E-state index in [2.05, 4.69) is 10.4 Å². The molecule has 0 radical (unpaired) electrons. The molecule has 1 aromatic heterocycles. The molecule has 0 saturated heterocycles. The third kappa shape index (κ3) is 3.42. The molecule has 1 aromatic carbocycles. The highest BCUT2D eigenvalue weighted by molar-refractivity contribution is 5.93. The van der Waals surface area contributed by atoms with E-state index in [1.165, 1.54) is 29.2 Å². The molecule has 2 rings (SSSR count). The monoisotopic (exact) mass is 290 g/mol. The van der Waals surface area contributed by atoms with Crippen molar-refractivity contribution in [1.82, 2.24) is 15.1 Å². The number of benzene rings is 1. The van der Waals surface area contributed by atoms with Crippen LogP contribution >= 0.6 is 0 Å². The molecule has 1 unspecified atom stereocenters. The molecule has 1 atom stereocenters. The number of nitro benzene ring substituents is 1. The van der Waals surface area contributed by atoms with Crippen LogP contribution in [0.15, 0.2) is 36.7 Å². The van der Waals surface area contributed by atoms with Crippen molar-refractivity contribution in [2.24, 2.45) is 0 Å². The van der Waals surface area contributed by atoms with Crippen LogP contribution in [0.3, 0.4) is 0 Å². The molecule has 110 valence electrons. The topological polar surface area (TPSA) is 110 Å². The SMILES string of the molecule is CC(CO)NC(=O)c1cnn(-c2ccc([N+](=O)[O-])cc2)c1. The van der Waals surface area contributed by atoms with Gasteiger partial charge in [-0.3, -0.25) is 14.9 Å². The Balaban J connectivity index is 2.15. The molecule has 2 N–H and O–H groups in total. The van der Waals surface area contributed by atoms with Crippen molar-refractivity contribution in [3.05, 3.63) is 52.3 Å².